The summed E-state index contributed by atoms with van der Waals surface area (Å²) in [6.07, 6.45) is 1.28. The van der Waals surface area contributed by atoms with Crippen molar-refractivity contribution in [1.82, 2.24) is 0 Å². The fourth-order valence-electron chi connectivity index (χ4n) is 3.76. The summed E-state index contributed by atoms with van der Waals surface area (Å²) in [5.41, 5.74) is 2.20. The Morgan fingerprint density at radius 2 is 1.60 bits per heavy atom. The summed E-state index contributed by atoms with van der Waals surface area (Å²) in [7, 11) is 0. The summed E-state index contributed by atoms with van der Waals surface area (Å²) in [5, 5.41) is 3.74. The molecular weight excluding hydrogens is 398 g/mol. The molecule has 1 saturated heterocycles. The molecule has 154 valence electrons. The third kappa shape index (κ3) is 4.66. The number of anilines is 1. The van der Waals surface area contributed by atoms with Gasteiger partial charge in [-0.25, -0.2) is 0 Å². The number of carbonyl (C=O) groups excluding carboxylic acids is 1. The molecule has 1 aliphatic rings. The SMILES string of the molecule is O=C(Nc1ccc(OCc2ccccc2)cc1)C1(c2ccc(Cl)cc2)CCOCC1. The summed E-state index contributed by atoms with van der Waals surface area (Å²) < 4.78 is 11.4. The van der Waals surface area contributed by atoms with Crippen molar-refractivity contribution in [2.45, 2.75) is 24.9 Å². The highest BCUT2D eigenvalue weighted by atomic mass is 35.5. The van der Waals surface area contributed by atoms with Crippen LogP contribution in [0.4, 0.5) is 5.69 Å². The molecule has 0 aromatic heterocycles. The van der Waals surface area contributed by atoms with Gasteiger partial charge in [0.25, 0.3) is 0 Å². The van der Waals surface area contributed by atoms with Crippen LogP contribution in [0.3, 0.4) is 0 Å². The minimum absolute atomic E-state index is 0.0222. The molecule has 1 amide bonds. The second-order valence-electron chi connectivity index (χ2n) is 7.45. The molecule has 1 N–H and O–H groups in total. The second-order valence-corrected chi connectivity index (χ2v) is 7.89. The third-order valence-electron chi connectivity index (χ3n) is 5.54. The fraction of sp³-hybridized carbons (Fsp3) is 0.240. The van der Waals surface area contributed by atoms with Gasteiger partial charge >= 0.3 is 0 Å². The van der Waals surface area contributed by atoms with E-state index in [1.165, 1.54) is 0 Å². The van der Waals surface area contributed by atoms with Crippen molar-refractivity contribution >= 4 is 23.2 Å². The summed E-state index contributed by atoms with van der Waals surface area (Å²) >= 11 is 6.05. The molecule has 0 atom stereocenters. The molecule has 1 fully saturated rings. The summed E-state index contributed by atoms with van der Waals surface area (Å²) in [4.78, 5) is 13.3. The first kappa shape index (κ1) is 20.5. The Balaban J connectivity index is 1.45. The van der Waals surface area contributed by atoms with Crippen LogP contribution in [0, 0.1) is 0 Å². The highest BCUT2D eigenvalue weighted by molar-refractivity contribution is 6.30. The molecule has 0 saturated carbocycles. The molecule has 3 aromatic rings. The average molecular weight is 422 g/mol. The van der Waals surface area contributed by atoms with Crippen molar-refractivity contribution in [3.05, 3.63) is 95.0 Å². The molecule has 0 spiro atoms. The topological polar surface area (TPSA) is 47.6 Å². The molecule has 1 heterocycles. The van der Waals surface area contributed by atoms with Crippen LogP contribution >= 0.6 is 11.6 Å². The second kappa shape index (κ2) is 9.33. The summed E-state index contributed by atoms with van der Waals surface area (Å²) in [5.74, 6) is 0.737. The standard InChI is InChI=1S/C25H24ClNO3/c26-21-8-6-20(7-9-21)25(14-16-29-17-15-25)24(28)27-22-10-12-23(13-11-22)30-18-19-4-2-1-3-5-19/h1-13H,14-18H2,(H,27,28). The molecule has 4 rings (SSSR count). The van der Waals surface area contributed by atoms with E-state index in [2.05, 4.69) is 5.32 Å². The van der Waals surface area contributed by atoms with E-state index >= 15 is 0 Å². The van der Waals surface area contributed by atoms with Gasteiger partial charge in [0.15, 0.2) is 0 Å². The van der Waals surface area contributed by atoms with Crippen molar-refractivity contribution in [3.63, 3.8) is 0 Å². The maximum atomic E-state index is 13.3. The lowest BCUT2D eigenvalue weighted by atomic mass is 9.73. The summed E-state index contributed by atoms with van der Waals surface area (Å²) in [6, 6.07) is 25.0. The Morgan fingerprint density at radius 1 is 0.933 bits per heavy atom. The Bertz CT molecular complexity index is 966. The zero-order valence-electron chi connectivity index (χ0n) is 16.6. The number of benzene rings is 3. The van der Waals surface area contributed by atoms with E-state index in [1.54, 1.807) is 0 Å². The first-order valence-electron chi connectivity index (χ1n) is 10.1. The van der Waals surface area contributed by atoms with Crippen LogP contribution in [-0.4, -0.2) is 19.1 Å². The normalized spacial score (nSPS) is 15.4. The number of ether oxygens (including phenoxy) is 2. The van der Waals surface area contributed by atoms with Gasteiger partial charge in [0.2, 0.25) is 5.91 Å². The van der Waals surface area contributed by atoms with E-state index in [0.717, 1.165) is 22.6 Å². The maximum absolute atomic E-state index is 13.3. The number of hydrogen-bond donors (Lipinski definition) is 1. The molecule has 0 aliphatic carbocycles. The Kier molecular flexibility index (Phi) is 6.36. The number of hydrogen-bond acceptors (Lipinski definition) is 3. The van der Waals surface area contributed by atoms with E-state index in [4.69, 9.17) is 21.1 Å². The van der Waals surface area contributed by atoms with Gasteiger partial charge in [0.1, 0.15) is 12.4 Å². The quantitative estimate of drug-likeness (QED) is 0.563. The van der Waals surface area contributed by atoms with Crippen molar-refractivity contribution in [2.75, 3.05) is 18.5 Å². The zero-order chi connectivity index (χ0) is 20.8. The lowest BCUT2D eigenvalue weighted by Gasteiger charge is -2.36. The molecule has 3 aromatic carbocycles. The first-order chi connectivity index (χ1) is 14.7. The van der Waals surface area contributed by atoms with E-state index in [0.29, 0.717) is 37.7 Å². The van der Waals surface area contributed by atoms with Crippen molar-refractivity contribution in [2.24, 2.45) is 0 Å². The average Bonchev–Trinajstić information content (AvgIpc) is 2.80. The van der Waals surface area contributed by atoms with Crippen LogP contribution in [0.1, 0.15) is 24.0 Å². The molecular formula is C25H24ClNO3. The van der Waals surface area contributed by atoms with Crippen LogP contribution in [-0.2, 0) is 21.6 Å². The number of amides is 1. The van der Waals surface area contributed by atoms with Gasteiger partial charge in [-0.05, 0) is 60.4 Å². The Labute approximate surface area is 181 Å². The van der Waals surface area contributed by atoms with Gasteiger partial charge in [0.05, 0.1) is 5.41 Å². The lowest BCUT2D eigenvalue weighted by molar-refractivity contribution is -0.125. The number of rotatable bonds is 6. The van der Waals surface area contributed by atoms with E-state index in [1.807, 2.05) is 78.9 Å². The van der Waals surface area contributed by atoms with E-state index in [-0.39, 0.29) is 5.91 Å². The van der Waals surface area contributed by atoms with Gasteiger partial charge < -0.3 is 14.8 Å². The van der Waals surface area contributed by atoms with Crippen LogP contribution < -0.4 is 10.1 Å². The van der Waals surface area contributed by atoms with Gasteiger partial charge in [-0.1, -0.05) is 54.1 Å². The third-order valence-corrected chi connectivity index (χ3v) is 5.79. The smallest absolute Gasteiger partial charge is 0.235 e. The summed E-state index contributed by atoms with van der Waals surface area (Å²) in [6.45, 7) is 1.62. The molecule has 1 aliphatic heterocycles. The van der Waals surface area contributed by atoms with Crippen molar-refractivity contribution in [1.29, 1.82) is 0 Å². The minimum atomic E-state index is -0.620. The van der Waals surface area contributed by atoms with Crippen LogP contribution in [0.15, 0.2) is 78.9 Å². The Hall–Kier alpha value is -2.82. The number of halogens is 1. The Morgan fingerprint density at radius 3 is 2.27 bits per heavy atom. The predicted molar refractivity (Wildman–Crippen MR) is 119 cm³/mol. The highest BCUT2D eigenvalue weighted by Crippen LogP contribution is 2.37. The van der Waals surface area contributed by atoms with Gasteiger partial charge in [-0.2, -0.15) is 0 Å². The molecule has 4 nitrogen and oxygen atoms in total. The fourth-order valence-corrected chi connectivity index (χ4v) is 3.89. The lowest BCUT2D eigenvalue weighted by Crippen LogP contribution is -2.44. The van der Waals surface area contributed by atoms with Crippen LogP contribution in [0.2, 0.25) is 5.02 Å². The monoisotopic (exact) mass is 421 g/mol. The van der Waals surface area contributed by atoms with Gasteiger partial charge in [-0.3, -0.25) is 4.79 Å². The number of nitrogens with one attached hydrogen (secondary N) is 1. The molecule has 0 radical (unpaired) electrons. The van der Waals surface area contributed by atoms with E-state index < -0.39 is 5.41 Å². The highest BCUT2D eigenvalue weighted by Gasteiger charge is 2.41. The van der Waals surface area contributed by atoms with Crippen molar-refractivity contribution < 1.29 is 14.3 Å². The minimum Gasteiger partial charge on any atom is -0.489 e. The molecule has 0 bridgehead atoms. The molecule has 5 heteroatoms. The molecule has 0 unspecified atom stereocenters. The van der Waals surface area contributed by atoms with E-state index in [9.17, 15) is 4.79 Å². The first-order valence-corrected chi connectivity index (χ1v) is 10.5. The van der Waals surface area contributed by atoms with Crippen LogP contribution in [0.25, 0.3) is 0 Å². The predicted octanol–water partition coefficient (Wildman–Crippen LogP) is 5.61. The molecule has 30 heavy (non-hydrogen) atoms. The van der Waals surface area contributed by atoms with Gasteiger partial charge in [0, 0.05) is 23.9 Å². The number of carbonyl (C=O) groups is 1. The van der Waals surface area contributed by atoms with Gasteiger partial charge in [-0.15, -0.1) is 0 Å². The van der Waals surface area contributed by atoms with Crippen LogP contribution in [0.5, 0.6) is 5.75 Å². The zero-order valence-corrected chi connectivity index (χ0v) is 17.4. The largest absolute Gasteiger partial charge is 0.489 e. The van der Waals surface area contributed by atoms with Crippen molar-refractivity contribution in [3.8, 4) is 5.75 Å². The maximum Gasteiger partial charge on any atom is 0.235 e.